The van der Waals surface area contributed by atoms with E-state index in [9.17, 15) is 0 Å². The van der Waals surface area contributed by atoms with Gasteiger partial charge in [0.05, 0.1) is 0 Å². The predicted molar refractivity (Wildman–Crippen MR) is 22.0 cm³/mol. The zero-order valence-electron chi connectivity index (χ0n) is 4.56. The molecule has 0 saturated carbocycles. The Morgan fingerprint density at radius 3 is 1.62 bits per heavy atom. The minimum Gasteiger partial charge on any atom is -0.550 e. The number of carbonyl (C=O) groups is 1. The van der Waals surface area contributed by atoms with Crippen LogP contribution in [0.25, 0.3) is 0 Å². The van der Waals surface area contributed by atoms with Crippen molar-refractivity contribution in [1.82, 2.24) is 0 Å². The number of rotatable bonds is 0. The standard InChI is InChI=1S/C2H4O2.C2H3O.Co/c1-2(3)4;1-2-3;/h1H3,(H,3,4);1H3;/q;-1;+2/p-1. The molecule has 0 fully saturated rings. The summed E-state index contributed by atoms with van der Waals surface area (Å²) in [4.78, 5) is 17.6. The largest absolute Gasteiger partial charge is 2.00 e. The third-order valence-corrected chi connectivity index (χ3v) is 0. The van der Waals surface area contributed by atoms with Crippen LogP contribution in [-0.4, -0.2) is 12.3 Å². The zero-order chi connectivity index (χ0) is 6.28. The van der Waals surface area contributed by atoms with E-state index in [-0.39, 0.29) is 16.8 Å². The van der Waals surface area contributed by atoms with Gasteiger partial charge < -0.3 is 14.7 Å². The van der Waals surface area contributed by atoms with Crippen molar-refractivity contribution in [3.8, 4) is 0 Å². The number of carbonyl (C=O) groups excluding carboxylic acids is 2. The van der Waals surface area contributed by atoms with E-state index in [0.29, 0.717) is 0 Å². The quantitative estimate of drug-likeness (QED) is 0.422. The first-order valence-corrected chi connectivity index (χ1v) is 1.61. The molecule has 3 nitrogen and oxygen atoms in total. The molecule has 0 N–H and O–H groups in total. The first-order chi connectivity index (χ1) is 3.15. The Morgan fingerprint density at radius 1 is 1.62 bits per heavy atom. The molecule has 0 bridgehead atoms. The number of hydrogen-bond acceptors (Lipinski definition) is 3. The monoisotopic (exact) mass is 161 g/mol. The van der Waals surface area contributed by atoms with Crippen molar-refractivity contribution in [2.45, 2.75) is 13.8 Å². The van der Waals surface area contributed by atoms with Crippen molar-refractivity contribution in [3.05, 3.63) is 0 Å². The molecule has 0 amide bonds. The third kappa shape index (κ3) is 976. The van der Waals surface area contributed by atoms with Crippen molar-refractivity contribution < 1.29 is 31.5 Å². The molecule has 8 heavy (non-hydrogen) atoms. The van der Waals surface area contributed by atoms with Crippen LogP contribution < -0.4 is 5.11 Å². The van der Waals surface area contributed by atoms with Crippen molar-refractivity contribution in [2.24, 2.45) is 0 Å². The van der Waals surface area contributed by atoms with Crippen LogP contribution in [0, 0.1) is 0 Å². The Morgan fingerprint density at radius 2 is 1.62 bits per heavy atom. The van der Waals surface area contributed by atoms with E-state index in [4.69, 9.17) is 14.7 Å². The number of hydrogen-bond donors (Lipinski definition) is 0. The minimum absolute atomic E-state index is 0. The van der Waals surface area contributed by atoms with E-state index >= 15 is 0 Å². The third-order valence-electron chi connectivity index (χ3n) is 0. The van der Waals surface area contributed by atoms with Gasteiger partial charge in [-0.2, -0.15) is 6.92 Å². The summed E-state index contributed by atoms with van der Waals surface area (Å²) in [5.74, 6) is -1.08. The molecule has 49 valence electrons. The molecule has 0 aliphatic heterocycles. The summed E-state index contributed by atoms with van der Waals surface area (Å²) in [7, 11) is 0. The van der Waals surface area contributed by atoms with E-state index in [1.807, 2.05) is 0 Å². The van der Waals surface area contributed by atoms with Crippen LogP contribution in [0.3, 0.4) is 0 Å². The number of carboxylic acids is 1. The molecule has 0 aromatic heterocycles. The van der Waals surface area contributed by atoms with Gasteiger partial charge in [0.1, 0.15) is 0 Å². The van der Waals surface area contributed by atoms with Gasteiger partial charge in [-0.05, 0) is 6.92 Å². The fourth-order valence-electron chi connectivity index (χ4n) is 0. The summed E-state index contributed by atoms with van der Waals surface area (Å²) in [5, 5.41) is 8.89. The van der Waals surface area contributed by atoms with Crippen LogP contribution in [0.1, 0.15) is 13.8 Å². The van der Waals surface area contributed by atoms with Crippen LogP contribution >= 0.6 is 0 Å². The van der Waals surface area contributed by atoms with Crippen LogP contribution in [-0.2, 0) is 26.4 Å². The minimum atomic E-state index is -1.08. The topological polar surface area (TPSA) is 57.2 Å². The summed E-state index contributed by atoms with van der Waals surface area (Å²) < 4.78 is 0. The van der Waals surface area contributed by atoms with Crippen molar-refractivity contribution in [3.63, 3.8) is 0 Å². The average molecular weight is 161 g/mol. The van der Waals surface area contributed by atoms with Gasteiger partial charge in [-0.1, -0.05) is 0 Å². The predicted octanol–water partition coefficient (Wildman–Crippen LogP) is -1.13. The second kappa shape index (κ2) is 15.9. The molecular formula is C4H6CoO3. The summed E-state index contributed by atoms with van der Waals surface area (Å²) in [6.45, 7) is 2.29. The molecule has 0 heterocycles. The van der Waals surface area contributed by atoms with Gasteiger partial charge in [-0.3, -0.25) is 6.29 Å². The smallest absolute Gasteiger partial charge is 0.550 e. The van der Waals surface area contributed by atoms with Crippen molar-refractivity contribution in [1.29, 1.82) is 0 Å². The van der Waals surface area contributed by atoms with E-state index < -0.39 is 5.97 Å². The molecule has 0 aliphatic rings. The van der Waals surface area contributed by atoms with Gasteiger partial charge in [0.2, 0.25) is 0 Å². The van der Waals surface area contributed by atoms with Crippen LogP contribution in [0.15, 0.2) is 0 Å². The van der Waals surface area contributed by atoms with Gasteiger partial charge in [0.25, 0.3) is 0 Å². The second-order valence-electron chi connectivity index (χ2n) is 0.696. The Labute approximate surface area is 58.3 Å². The summed E-state index contributed by atoms with van der Waals surface area (Å²) >= 11 is 0. The van der Waals surface area contributed by atoms with E-state index in [1.54, 1.807) is 0 Å². The molecular weight excluding hydrogens is 155 g/mol. The fraction of sp³-hybridized carbons (Fsp3) is 0.500. The maximum atomic E-state index is 8.89. The Balaban J connectivity index is -0.0000000575. The van der Waals surface area contributed by atoms with Crippen LogP contribution in [0.5, 0.6) is 0 Å². The molecule has 4 heteroatoms. The van der Waals surface area contributed by atoms with E-state index in [1.165, 1.54) is 13.2 Å². The van der Waals surface area contributed by atoms with Crippen molar-refractivity contribution >= 4 is 12.3 Å². The Kier molecular flexibility index (Phi) is 31.2. The second-order valence-corrected chi connectivity index (χ2v) is 0.696. The van der Waals surface area contributed by atoms with Gasteiger partial charge in [-0.25, -0.2) is 0 Å². The molecule has 0 rings (SSSR count). The first kappa shape index (κ1) is 15.6. The molecule has 0 atom stereocenters. The fourth-order valence-corrected chi connectivity index (χ4v) is 0. The zero-order valence-corrected chi connectivity index (χ0v) is 5.60. The van der Waals surface area contributed by atoms with E-state index in [2.05, 4.69) is 0 Å². The Bertz CT molecular complexity index is 58.3. The molecule has 0 aromatic rings. The molecule has 0 aliphatic carbocycles. The molecule has 0 aromatic carbocycles. The van der Waals surface area contributed by atoms with Gasteiger partial charge >= 0.3 is 16.8 Å². The normalized spacial score (nSPS) is 4.75. The average Bonchev–Trinajstić information content (AvgIpc) is 1.33. The molecule has 0 spiro atoms. The molecule has 1 radical (unpaired) electrons. The van der Waals surface area contributed by atoms with Gasteiger partial charge in [0, 0.05) is 5.97 Å². The molecule has 0 saturated heterocycles. The van der Waals surface area contributed by atoms with Crippen LogP contribution in [0.4, 0.5) is 0 Å². The maximum absolute atomic E-state index is 8.89. The maximum Gasteiger partial charge on any atom is 2.00 e. The SMILES string of the molecule is CC(=O)[O-].C[C-]=O.[Co+2]. The van der Waals surface area contributed by atoms with Crippen LogP contribution in [0.2, 0.25) is 0 Å². The molecule has 0 unspecified atom stereocenters. The number of carboxylic acid groups (broad SMARTS) is 1. The van der Waals surface area contributed by atoms with E-state index in [0.717, 1.165) is 6.92 Å². The Hall–Kier alpha value is -0.354. The summed E-state index contributed by atoms with van der Waals surface area (Å²) in [5.41, 5.74) is 0. The van der Waals surface area contributed by atoms with Crippen molar-refractivity contribution in [2.75, 3.05) is 0 Å². The van der Waals surface area contributed by atoms with Gasteiger partial charge in [-0.15, -0.1) is 0 Å². The summed E-state index contributed by atoms with van der Waals surface area (Å²) in [6, 6.07) is 0. The summed E-state index contributed by atoms with van der Waals surface area (Å²) in [6.07, 6.45) is 1.50. The van der Waals surface area contributed by atoms with Gasteiger partial charge in [0.15, 0.2) is 0 Å². The number of aliphatic carboxylic acids is 1. The first-order valence-electron chi connectivity index (χ1n) is 1.61.